The van der Waals surface area contributed by atoms with Crippen LogP contribution in [-0.2, 0) is 15.3 Å². The summed E-state index contributed by atoms with van der Waals surface area (Å²) in [6.07, 6.45) is 0. The van der Waals surface area contributed by atoms with Gasteiger partial charge in [-0.05, 0) is 37.3 Å². The zero-order chi connectivity index (χ0) is 21.0. The van der Waals surface area contributed by atoms with E-state index >= 15 is 0 Å². The molecule has 9 heteroatoms. The first-order valence-corrected chi connectivity index (χ1v) is 9.96. The van der Waals surface area contributed by atoms with E-state index in [1.807, 2.05) is 34.9 Å². The predicted molar refractivity (Wildman–Crippen MR) is 124 cm³/mol. The number of hydrogen-bond acceptors (Lipinski definition) is 6. The van der Waals surface area contributed by atoms with Crippen LogP contribution in [0.1, 0.15) is 29.9 Å². The van der Waals surface area contributed by atoms with Gasteiger partial charge in [0.25, 0.3) is 0 Å². The molecule has 1 aromatic heterocycles. The van der Waals surface area contributed by atoms with Gasteiger partial charge < -0.3 is 19.8 Å². The van der Waals surface area contributed by atoms with E-state index in [1.165, 1.54) is 6.92 Å². The maximum absolute atomic E-state index is 12.9. The third kappa shape index (κ3) is 5.03. The van der Waals surface area contributed by atoms with Crippen molar-refractivity contribution in [2.24, 2.45) is 5.73 Å². The van der Waals surface area contributed by atoms with Crippen molar-refractivity contribution >= 4 is 56.8 Å². The van der Waals surface area contributed by atoms with Crippen LogP contribution in [0.2, 0.25) is 0 Å². The molecule has 0 aliphatic heterocycles. The topological polar surface area (TPSA) is 107 Å². The summed E-state index contributed by atoms with van der Waals surface area (Å²) in [6.45, 7) is 3.28. The number of carbonyl (C=O) groups excluding carboxylic acids is 2. The molecule has 0 unspecified atom stereocenters. The third-order valence-corrected chi connectivity index (χ3v) is 4.89. The highest BCUT2D eigenvalue weighted by Crippen LogP contribution is 2.35. The van der Waals surface area contributed by atoms with E-state index in [0.29, 0.717) is 28.1 Å². The van der Waals surface area contributed by atoms with Gasteiger partial charge in [0.05, 0.1) is 17.7 Å². The fourth-order valence-electron chi connectivity index (χ4n) is 3.14. The van der Waals surface area contributed by atoms with Crippen LogP contribution in [0.3, 0.4) is 0 Å². The number of rotatable bonds is 6. The minimum Gasteiger partial charge on any atom is -0.462 e. The van der Waals surface area contributed by atoms with Crippen molar-refractivity contribution in [3.8, 4) is 11.4 Å². The van der Waals surface area contributed by atoms with E-state index < -0.39 is 11.9 Å². The molecular weight excluding hydrogens is 470 g/mol. The first-order chi connectivity index (χ1) is 13.9. The number of amidine groups is 1. The lowest BCUT2D eigenvalue weighted by Gasteiger charge is -2.12. The summed E-state index contributed by atoms with van der Waals surface area (Å²) in [6, 6.07) is 14.7. The normalized spacial score (nSPS) is 10.3. The smallest absolute Gasteiger partial charge is 0.340 e. The lowest BCUT2D eigenvalue weighted by Crippen LogP contribution is -2.11. The van der Waals surface area contributed by atoms with Crippen LogP contribution in [0.5, 0.6) is 5.75 Å². The molecular formula is C21H22BrN3O4S. The molecule has 158 valence electrons. The fourth-order valence-corrected chi connectivity index (χ4v) is 3.70. The van der Waals surface area contributed by atoms with Crippen molar-refractivity contribution in [1.29, 1.82) is 5.41 Å². The summed E-state index contributed by atoms with van der Waals surface area (Å²) in [5.74, 6) is -0.287. The maximum atomic E-state index is 12.9. The molecule has 0 bridgehead atoms. The van der Waals surface area contributed by atoms with Crippen molar-refractivity contribution in [3.63, 3.8) is 0 Å². The van der Waals surface area contributed by atoms with Crippen molar-refractivity contribution in [2.75, 3.05) is 6.61 Å². The molecule has 0 aliphatic rings. The molecule has 0 saturated heterocycles. The Morgan fingerprint density at radius 1 is 1.17 bits per heavy atom. The molecule has 0 spiro atoms. The molecule has 0 amide bonds. The summed E-state index contributed by atoms with van der Waals surface area (Å²) in [4.78, 5) is 24.2. The number of fused-ring (bicyclic) bond motifs is 1. The lowest BCUT2D eigenvalue weighted by molar-refractivity contribution is -0.131. The minimum atomic E-state index is -0.480. The van der Waals surface area contributed by atoms with Gasteiger partial charge in [0, 0.05) is 29.4 Å². The number of carbonyl (C=O) groups is 2. The minimum absolute atomic E-state index is 0. The largest absolute Gasteiger partial charge is 0.462 e. The van der Waals surface area contributed by atoms with E-state index in [-0.39, 0.29) is 28.8 Å². The van der Waals surface area contributed by atoms with E-state index in [0.717, 1.165) is 23.0 Å². The molecule has 0 fully saturated rings. The molecule has 0 aliphatic carbocycles. The number of benzene rings is 2. The SMILES string of the molecule is Br.CCOC(=O)c1c(CSC(=N)N)n(-c2ccccc2)c2ccc(OC(C)=O)cc12. The number of aromatic nitrogens is 1. The van der Waals surface area contributed by atoms with Crippen LogP contribution in [0, 0.1) is 5.41 Å². The molecule has 0 radical (unpaired) electrons. The van der Waals surface area contributed by atoms with Gasteiger partial charge in [0.2, 0.25) is 0 Å². The maximum Gasteiger partial charge on any atom is 0.340 e. The Balaban J connectivity index is 0.00000320. The van der Waals surface area contributed by atoms with Gasteiger partial charge in [-0.1, -0.05) is 30.0 Å². The Kier molecular flexibility index (Phi) is 8.08. The standard InChI is InChI=1S/C21H21N3O4S.BrH/c1-3-27-20(26)19-16-11-15(28-13(2)25)9-10-17(16)24(14-7-5-4-6-8-14)18(19)12-29-21(22)23;/h4-11H,3,12H2,1-2H3,(H3,22,23);1H. The number of halogens is 1. The zero-order valence-corrected chi connectivity index (χ0v) is 19.0. The van der Waals surface area contributed by atoms with Crippen LogP contribution in [0.15, 0.2) is 48.5 Å². The van der Waals surface area contributed by atoms with Gasteiger partial charge in [-0.2, -0.15) is 0 Å². The van der Waals surface area contributed by atoms with Gasteiger partial charge in [0.1, 0.15) is 5.75 Å². The molecule has 3 aromatic rings. The van der Waals surface area contributed by atoms with Crippen molar-refractivity contribution < 1.29 is 19.1 Å². The number of para-hydroxylation sites is 1. The molecule has 0 atom stereocenters. The fraction of sp³-hybridized carbons (Fsp3) is 0.190. The summed E-state index contributed by atoms with van der Waals surface area (Å²) in [5, 5.41) is 8.13. The highest BCUT2D eigenvalue weighted by Gasteiger charge is 2.25. The van der Waals surface area contributed by atoms with E-state index in [9.17, 15) is 9.59 Å². The second kappa shape index (κ2) is 10.3. The van der Waals surface area contributed by atoms with Crippen LogP contribution < -0.4 is 10.5 Å². The number of thioether (sulfide) groups is 1. The molecule has 0 saturated carbocycles. The second-order valence-corrected chi connectivity index (χ2v) is 7.16. The Morgan fingerprint density at radius 2 is 1.87 bits per heavy atom. The quantitative estimate of drug-likeness (QED) is 0.228. The van der Waals surface area contributed by atoms with Gasteiger partial charge in [-0.25, -0.2) is 4.79 Å². The van der Waals surface area contributed by atoms with Crippen molar-refractivity contribution in [3.05, 3.63) is 59.8 Å². The average Bonchev–Trinajstić information content (AvgIpc) is 3.00. The molecule has 30 heavy (non-hydrogen) atoms. The number of nitrogens with one attached hydrogen (secondary N) is 1. The number of nitrogens with zero attached hydrogens (tertiary/aromatic N) is 1. The highest BCUT2D eigenvalue weighted by molar-refractivity contribution is 8.93. The van der Waals surface area contributed by atoms with Gasteiger partial charge in [-0.15, -0.1) is 17.0 Å². The van der Waals surface area contributed by atoms with Gasteiger partial charge in [0.15, 0.2) is 5.17 Å². The van der Waals surface area contributed by atoms with Crippen molar-refractivity contribution in [1.82, 2.24) is 4.57 Å². The third-order valence-electron chi connectivity index (χ3n) is 4.16. The average molecular weight is 492 g/mol. The first kappa shape index (κ1) is 23.5. The summed E-state index contributed by atoms with van der Waals surface area (Å²) >= 11 is 1.12. The Morgan fingerprint density at radius 3 is 2.47 bits per heavy atom. The lowest BCUT2D eigenvalue weighted by atomic mass is 10.1. The Bertz CT molecular complexity index is 1080. The molecule has 3 N–H and O–H groups in total. The predicted octanol–water partition coefficient (Wildman–Crippen LogP) is 4.44. The van der Waals surface area contributed by atoms with Crippen molar-refractivity contribution in [2.45, 2.75) is 19.6 Å². The molecule has 1 heterocycles. The van der Waals surface area contributed by atoms with Gasteiger partial charge in [-0.3, -0.25) is 10.2 Å². The zero-order valence-electron chi connectivity index (χ0n) is 16.5. The highest BCUT2D eigenvalue weighted by atomic mass is 79.9. The van der Waals surface area contributed by atoms with Crippen LogP contribution in [0.4, 0.5) is 0 Å². The van der Waals surface area contributed by atoms with Crippen LogP contribution in [0.25, 0.3) is 16.6 Å². The number of nitrogens with two attached hydrogens (primary N) is 1. The summed E-state index contributed by atoms with van der Waals surface area (Å²) in [7, 11) is 0. The number of esters is 2. The Hall–Kier alpha value is -2.78. The molecule has 2 aromatic carbocycles. The first-order valence-electron chi connectivity index (χ1n) is 8.97. The molecule has 3 rings (SSSR count). The van der Waals surface area contributed by atoms with Crippen LogP contribution >= 0.6 is 28.7 Å². The molecule has 7 nitrogen and oxygen atoms in total. The van der Waals surface area contributed by atoms with Crippen LogP contribution in [-0.4, -0.2) is 28.3 Å². The number of ether oxygens (including phenoxy) is 2. The number of hydrogen-bond donors (Lipinski definition) is 2. The summed E-state index contributed by atoms with van der Waals surface area (Å²) < 4.78 is 12.4. The van der Waals surface area contributed by atoms with Gasteiger partial charge >= 0.3 is 11.9 Å². The van der Waals surface area contributed by atoms with E-state index in [1.54, 1.807) is 25.1 Å². The summed E-state index contributed by atoms with van der Waals surface area (Å²) in [5.41, 5.74) is 8.19. The van der Waals surface area contributed by atoms with E-state index in [2.05, 4.69) is 0 Å². The second-order valence-electron chi connectivity index (χ2n) is 6.14. The van der Waals surface area contributed by atoms with E-state index in [4.69, 9.17) is 20.6 Å². The monoisotopic (exact) mass is 491 g/mol. The Labute approximate surface area is 188 Å².